The topological polar surface area (TPSA) is 95.6 Å². The van der Waals surface area contributed by atoms with E-state index in [1.54, 1.807) is 0 Å². The molecule has 1 heterocycles. The molecular formula is C22H25F2N3O4S. The van der Waals surface area contributed by atoms with Gasteiger partial charge in [-0.3, -0.25) is 9.59 Å². The van der Waals surface area contributed by atoms with Crippen molar-refractivity contribution in [3.8, 4) is 0 Å². The average molecular weight is 466 g/mol. The molecule has 7 nitrogen and oxygen atoms in total. The number of hydrogen-bond donors (Lipinski definition) is 2. The molecule has 0 spiro atoms. The zero-order valence-electron chi connectivity index (χ0n) is 17.4. The van der Waals surface area contributed by atoms with Crippen LogP contribution in [0.1, 0.15) is 31.2 Å². The molecule has 1 fully saturated rings. The summed E-state index contributed by atoms with van der Waals surface area (Å²) in [7, 11) is -3.79. The van der Waals surface area contributed by atoms with E-state index >= 15 is 0 Å². The number of hydrogen-bond acceptors (Lipinski definition) is 4. The van der Waals surface area contributed by atoms with Crippen molar-refractivity contribution in [3.05, 3.63) is 65.7 Å². The molecule has 0 aromatic heterocycles. The summed E-state index contributed by atoms with van der Waals surface area (Å²) in [5.41, 5.74) is 0.649. The molecule has 0 bridgehead atoms. The van der Waals surface area contributed by atoms with Gasteiger partial charge in [0.25, 0.3) is 0 Å². The minimum Gasteiger partial charge on any atom is -0.348 e. The van der Waals surface area contributed by atoms with E-state index in [9.17, 15) is 26.8 Å². The van der Waals surface area contributed by atoms with E-state index in [0.29, 0.717) is 24.9 Å². The number of nitrogens with one attached hydrogen (secondary N) is 2. The van der Waals surface area contributed by atoms with Crippen LogP contribution in [0.4, 0.5) is 8.78 Å². The van der Waals surface area contributed by atoms with E-state index in [2.05, 4.69) is 10.6 Å². The Hall–Kier alpha value is -2.85. The molecule has 2 aromatic carbocycles. The van der Waals surface area contributed by atoms with Gasteiger partial charge < -0.3 is 10.6 Å². The summed E-state index contributed by atoms with van der Waals surface area (Å²) in [5, 5.41) is 4.97. The third-order valence-electron chi connectivity index (χ3n) is 5.33. The highest BCUT2D eigenvalue weighted by Gasteiger charge is 2.33. The summed E-state index contributed by atoms with van der Waals surface area (Å²) in [6, 6.07) is 9.90. The Balaban J connectivity index is 1.51. The fourth-order valence-corrected chi connectivity index (χ4v) is 5.34. The molecule has 2 aromatic rings. The van der Waals surface area contributed by atoms with Gasteiger partial charge in [-0.25, -0.2) is 17.2 Å². The summed E-state index contributed by atoms with van der Waals surface area (Å²) in [6.07, 6.45) is 2.55. The minimum absolute atomic E-state index is 0.0232. The third kappa shape index (κ3) is 6.10. The number of amides is 2. The summed E-state index contributed by atoms with van der Waals surface area (Å²) < 4.78 is 53.4. The first kappa shape index (κ1) is 23.8. The fourth-order valence-electron chi connectivity index (χ4n) is 3.62. The number of sulfonamides is 1. The van der Waals surface area contributed by atoms with Crippen LogP contribution in [0.25, 0.3) is 0 Å². The Kier molecular flexibility index (Phi) is 7.92. The molecule has 0 radical (unpaired) electrons. The van der Waals surface area contributed by atoms with Crippen LogP contribution >= 0.6 is 0 Å². The van der Waals surface area contributed by atoms with Gasteiger partial charge in [0.15, 0.2) is 0 Å². The molecule has 1 aliphatic rings. The number of carbonyl (C=O) groups excluding carboxylic acids is 2. The van der Waals surface area contributed by atoms with Gasteiger partial charge in [-0.15, -0.1) is 0 Å². The van der Waals surface area contributed by atoms with Crippen molar-refractivity contribution < 1.29 is 26.8 Å². The zero-order valence-corrected chi connectivity index (χ0v) is 18.2. The van der Waals surface area contributed by atoms with E-state index in [-0.39, 0.29) is 24.0 Å². The molecule has 1 aliphatic heterocycles. The maximum atomic E-state index is 13.2. The number of halogens is 2. The van der Waals surface area contributed by atoms with Crippen LogP contribution in [0.15, 0.2) is 53.4 Å². The van der Waals surface area contributed by atoms with Crippen molar-refractivity contribution in [3.63, 3.8) is 0 Å². The van der Waals surface area contributed by atoms with Crippen LogP contribution in [-0.4, -0.2) is 43.7 Å². The van der Waals surface area contributed by atoms with Crippen molar-refractivity contribution in [1.82, 2.24) is 14.9 Å². The molecule has 1 atom stereocenters. The van der Waals surface area contributed by atoms with Crippen molar-refractivity contribution >= 4 is 21.8 Å². The predicted molar refractivity (Wildman–Crippen MR) is 114 cm³/mol. The van der Waals surface area contributed by atoms with Gasteiger partial charge in [0.2, 0.25) is 10.0 Å². The largest absolute Gasteiger partial charge is 0.348 e. The van der Waals surface area contributed by atoms with Crippen molar-refractivity contribution in [2.24, 2.45) is 0 Å². The van der Waals surface area contributed by atoms with E-state index in [1.807, 2.05) is 0 Å². The van der Waals surface area contributed by atoms with Gasteiger partial charge in [0.1, 0.15) is 11.6 Å². The quantitative estimate of drug-likeness (QED) is 0.614. The lowest BCUT2D eigenvalue weighted by Crippen LogP contribution is -2.46. The molecule has 32 heavy (non-hydrogen) atoms. The van der Waals surface area contributed by atoms with E-state index < -0.39 is 33.5 Å². The SMILES string of the molecule is O=C(NCCC1CCCCN1S(=O)(=O)c1ccc(F)cc1)C(=O)NCc1ccc(F)cc1. The van der Waals surface area contributed by atoms with Crippen LogP contribution < -0.4 is 10.6 Å². The molecular weight excluding hydrogens is 440 g/mol. The number of benzene rings is 2. The summed E-state index contributed by atoms with van der Waals surface area (Å²) in [5.74, 6) is -2.56. The Bertz CT molecular complexity index is 1040. The standard InChI is InChI=1S/C22H25F2N3O4S/c23-17-6-4-16(5-7-17)15-26-22(29)21(28)25-13-12-19-3-1-2-14-27(19)32(30,31)20-10-8-18(24)9-11-20/h4-11,19H,1-3,12-15H2,(H,25,28)(H,26,29). The Labute approximate surface area is 185 Å². The first-order valence-electron chi connectivity index (χ1n) is 10.4. The van der Waals surface area contributed by atoms with E-state index in [1.165, 1.54) is 40.7 Å². The molecule has 10 heteroatoms. The highest BCUT2D eigenvalue weighted by Crippen LogP contribution is 2.27. The van der Waals surface area contributed by atoms with Gasteiger partial charge in [0, 0.05) is 25.7 Å². The van der Waals surface area contributed by atoms with Crippen LogP contribution in [0.3, 0.4) is 0 Å². The predicted octanol–water partition coefficient (Wildman–Crippen LogP) is 2.33. The maximum Gasteiger partial charge on any atom is 0.309 e. The summed E-state index contributed by atoms with van der Waals surface area (Å²) in [6.45, 7) is 0.554. The molecule has 2 N–H and O–H groups in total. The van der Waals surface area contributed by atoms with Gasteiger partial charge in [-0.1, -0.05) is 18.6 Å². The number of rotatable bonds is 7. The summed E-state index contributed by atoms with van der Waals surface area (Å²) >= 11 is 0. The second kappa shape index (κ2) is 10.6. The molecule has 3 rings (SSSR count). The van der Waals surface area contributed by atoms with Crippen LogP contribution in [0.5, 0.6) is 0 Å². The van der Waals surface area contributed by atoms with Gasteiger partial charge in [-0.2, -0.15) is 4.31 Å². The molecule has 1 unspecified atom stereocenters. The molecule has 0 saturated carbocycles. The number of piperidine rings is 1. The van der Waals surface area contributed by atoms with Crippen molar-refractivity contribution in [2.75, 3.05) is 13.1 Å². The Morgan fingerprint density at radius 3 is 2.16 bits per heavy atom. The van der Waals surface area contributed by atoms with Crippen molar-refractivity contribution in [2.45, 2.75) is 43.2 Å². The summed E-state index contributed by atoms with van der Waals surface area (Å²) in [4.78, 5) is 24.0. The maximum absolute atomic E-state index is 13.2. The Morgan fingerprint density at radius 2 is 1.50 bits per heavy atom. The normalized spacial score (nSPS) is 17.0. The lowest BCUT2D eigenvalue weighted by Gasteiger charge is -2.34. The Morgan fingerprint density at radius 1 is 0.906 bits per heavy atom. The molecule has 172 valence electrons. The van der Waals surface area contributed by atoms with Gasteiger partial charge >= 0.3 is 11.8 Å². The van der Waals surface area contributed by atoms with Gasteiger partial charge in [-0.05, 0) is 61.2 Å². The highest BCUT2D eigenvalue weighted by atomic mass is 32.2. The lowest BCUT2D eigenvalue weighted by atomic mass is 10.0. The van der Waals surface area contributed by atoms with Crippen LogP contribution in [0, 0.1) is 11.6 Å². The number of nitrogens with zero attached hydrogens (tertiary/aromatic N) is 1. The first-order valence-corrected chi connectivity index (χ1v) is 11.8. The van der Waals surface area contributed by atoms with Crippen LogP contribution in [0.2, 0.25) is 0 Å². The zero-order chi connectivity index (χ0) is 23.1. The lowest BCUT2D eigenvalue weighted by molar-refractivity contribution is -0.139. The first-order chi connectivity index (χ1) is 15.3. The van der Waals surface area contributed by atoms with E-state index in [0.717, 1.165) is 25.0 Å². The van der Waals surface area contributed by atoms with E-state index in [4.69, 9.17) is 0 Å². The number of carbonyl (C=O) groups is 2. The second-order valence-corrected chi connectivity index (χ2v) is 9.46. The average Bonchev–Trinajstić information content (AvgIpc) is 2.79. The van der Waals surface area contributed by atoms with Crippen LogP contribution in [-0.2, 0) is 26.2 Å². The molecule has 0 aliphatic carbocycles. The smallest absolute Gasteiger partial charge is 0.309 e. The monoisotopic (exact) mass is 465 g/mol. The fraction of sp³-hybridized carbons (Fsp3) is 0.364. The second-order valence-electron chi connectivity index (χ2n) is 7.57. The van der Waals surface area contributed by atoms with Crippen molar-refractivity contribution in [1.29, 1.82) is 0 Å². The highest BCUT2D eigenvalue weighted by molar-refractivity contribution is 7.89. The molecule has 1 saturated heterocycles. The minimum atomic E-state index is -3.79. The van der Waals surface area contributed by atoms with Gasteiger partial charge in [0.05, 0.1) is 4.90 Å². The third-order valence-corrected chi connectivity index (χ3v) is 7.30. The molecule has 2 amide bonds.